The van der Waals surface area contributed by atoms with Crippen LogP contribution in [0.2, 0.25) is 0 Å². The minimum atomic E-state index is -1.52. The fraction of sp³-hybridized carbons (Fsp3) is 0.500. The van der Waals surface area contributed by atoms with Gasteiger partial charge in [0.2, 0.25) is 11.9 Å². The Labute approximate surface area is 262 Å². The van der Waals surface area contributed by atoms with Crippen LogP contribution in [-0.4, -0.2) is 90.7 Å². The van der Waals surface area contributed by atoms with E-state index in [0.717, 1.165) is 17.1 Å². The number of carbonyl (C=O) groups is 4. The van der Waals surface area contributed by atoms with E-state index in [1.165, 1.54) is 23.6 Å². The summed E-state index contributed by atoms with van der Waals surface area (Å²) in [5.41, 5.74) is 7.67. The smallest absolute Gasteiger partial charge is 0.441 e. The van der Waals surface area contributed by atoms with Gasteiger partial charge >= 0.3 is 11.9 Å². The molecule has 0 bridgehead atoms. The molecule has 2 aromatic heterocycles. The number of nitrogens with one attached hydrogen (secondary N) is 1. The van der Waals surface area contributed by atoms with Gasteiger partial charge in [-0.2, -0.15) is 4.37 Å². The van der Waals surface area contributed by atoms with Crippen LogP contribution >= 0.6 is 23.3 Å². The number of thioether (sulfide) groups is 1. The number of amides is 4. The van der Waals surface area contributed by atoms with Gasteiger partial charge in [0.05, 0.1) is 6.04 Å². The summed E-state index contributed by atoms with van der Waals surface area (Å²) in [7, 11) is 0. The highest BCUT2D eigenvalue weighted by Crippen LogP contribution is 2.41. The fourth-order valence-electron chi connectivity index (χ4n) is 5.72. The Hall–Kier alpha value is -4.52. The van der Waals surface area contributed by atoms with E-state index in [4.69, 9.17) is 19.3 Å². The van der Waals surface area contributed by atoms with Crippen molar-refractivity contribution < 1.29 is 32.7 Å². The van der Waals surface area contributed by atoms with Gasteiger partial charge in [-0.1, -0.05) is 0 Å². The lowest BCUT2D eigenvalue weighted by molar-refractivity contribution is -0.146. The third-order valence-electron chi connectivity index (χ3n) is 8.16. The van der Waals surface area contributed by atoms with E-state index in [0.29, 0.717) is 49.5 Å². The Morgan fingerprint density at radius 3 is 2.73 bits per heavy atom. The van der Waals surface area contributed by atoms with Gasteiger partial charge in [0.1, 0.15) is 11.4 Å². The van der Waals surface area contributed by atoms with Crippen LogP contribution < -0.4 is 16.9 Å². The number of ether oxygens (including phenoxy) is 1. The highest BCUT2D eigenvalue weighted by molar-refractivity contribution is 8.00. The zero-order chi connectivity index (χ0) is 32.0. The lowest BCUT2D eigenvalue weighted by Gasteiger charge is -2.50. The summed E-state index contributed by atoms with van der Waals surface area (Å²) in [5.74, 6) is -1.34. The summed E-state index contributed by atoms with van der Waals surface area (Å²) in [6.45, 7) is 4.32. The third kappa shape index (κ3) is 5.72. The summed E-state index contributed by atoms with van der Waals surface area (Å²) in [6.07, 6.45) is 2.36. The van der Waals surface area contributed by atoms with Crippen LogP contribution in [0.15, 0.2) is 41.7 Å². The number of nitroso groups, excluding NO2 is 1. The van der Waals surface area contributed by atoms with Gasteiger partial charge in [0, 0.05) is 48.2 Å². The van der Waals surface area contributed by atoms with Crippen molar-refractivity contribution in [1.29, 1.82) is 0 Å². The van der Waals surface area contributed by atoms with Crippen molar-refractivity contribution in [3.05, 3.63) is 55.8 Å². The Kier molecular flexibility index (Phi) is 8.21. The molecular weight excluding hydrogens is 632 g/mol. The first-order valence-corrected chi connectivity index (χ1v) is 15.8. The van der Waals surface area contributed by atoms with Gasteiger partial charge in [-0.25, -0.2) is 14.6 Å². The lowest BCUT2D eigenvalue weighted by Crippen LogP contribution is -2.69. The normalized spacial score (nSPS) is 24.6. The second kappa shape index (κ2) is 12.1. The molecule has 4 unspecified atom stereocenters. The standard InChI is InChI=1S/C26H28N8O9S2/c1-11-14(10-44-23-18(22(37)34(11)23)28-20(35)17(30-40)19-29-24(27)45-31-19)7-13-3-6-33(21(13)36)15-4-5-32(8-15)25(38)41-9-16-12(2)42-26(39)43-16/h7,15,17-18,23H,3-6,8-10H2,1-2H3,(H,28,35)(H2,27,29,31). The number of likely N-dealkylation sites (tertiary alicyclic amines) is 2. The van der Waals surface area contributed by atoms with Crippen LogP contribution in [0.4, 0.5) is 9.93 Å². The molecule has 17 nitrogen and oxygen atoms in total. The maximum atomic E-state index is 13.4. The zero-order valence-electron chi connectivity index (χ0n) is 24.1. The van der Waals surface area contributed by atoms with Crippen LogP contribution in [-0.2, 0) is 25.7 Å². The van der Waals surface area contributed by atoms with Crippen LogP contribution in [0.5, 0.6) is 0 Å². The van der Waals surface area contributed by atoms with Gasteiger partial charge in [-0.05, 0) is 43.5 Å². The Balaban J connectivity index is 1.04. The van der Waals surface area contributed by atoms with Gasteiger partial charge < -0.3 is 34.4 Å². The number of nitrogens with two attached hydrogens (primary N) is 1. The number of nitrogen functional groups attached to an aromatic ring is 1. The van der Waals surface area contributed by atoms with Crippen molar-refractivity contribution in [2.45, 2.75) is 56.8 Å². The number of fused-ring (bicyclic) bond motifs is 1. The largest absolute Gasteiger partial charge is 0.519 e. The van der Waals surface area contributed by atoms with E-state index >= 15 is 0 Å². The molecular formula is C26H28N8O9S2. The van der Waals surface area contributed by atoms with E-state index in [1.807, 2.05) is 6.08 Å². The molecule has 45 heavy (non-hydrogen) atoms. The number of anilines is 1. The van der Waals surface area contributed by atoms with Crippen LogP contribution in [0.3, 0.4) is 0 Å². The fourth-order valence-corrected chi connectivity index (χ4v) is 7.61. The molecule has 3 saturated heterocycles. The van der Waals surface area contributed by atoms with Gasteiger partial charge in [-0.3, -0.25) is 19.3 Å². The molecule has 4 aliphatic heterocycles. The maximum Gasteiger partial charge on any atom is 0.519 e. The van der Waals surface area contributed by atoms with Gasteiger partial charge in [-0.15, -0.1) is 16.7 Å². The number of carbonyl (C=O) groups excluding carboxylic acids is 4. The summed E-state index contributed by atoms with van der Waals surface area (Å²) in [6, 6.07) is -2.54. The number of β-lactam (4-membered cyclic amide) rings is 1. The molecule has 0 aromatic carbocycles. The molecule has 6 rings (SSSR count). The average molecular weight is 661 g/mol. The number of aromatic nitrogens is 2. The SMILES string of the molecule is CC1=C(C=C2CCN(C3CCN(C(=O)OCc4oc(=O)oc4C)C3)C2=O)CSC2C(NC(=O)C(N=O)c3nsc(N)n3)C(=O)N12. The molecule has 0 aliphatic carbocycles. The summed E-state index contributed by atoms with van der Waals surface area (Å²) < 4.78 is 18.8. The summed E-state index contributed by atoms with van der Waals surface area (Å²) in [4.78, 5) is 82.9. The van der Waals surface area contributed by atoms with Crippen molar-refractivity contribution in [1.82, 2.24) is 29.4 Å². The molecule has 2 aromatic rings. The van der Waals surface area contributed by atoms with Crippen LogP contribution in [0.25, 0.3) is 0 Å². The number of hydrogen-bond acceptors (Lipinski definition) is 15. The maximum absolute atomic E-state index is 13.4. The zero-order valence-corrected chi connectivity index (χ0v) is 25.7. The predicted octanol–water partition coefficient (Wildman–Crippen LogP) is 1.03. The number of hydrogen-bond donors (Lipinski definition) is 2. The minimum Gasteiger partial charge on any atom is -0.441 e. The molecule has 4 atom stereocenters. The molecule has 0 spiro atoms. The van der Waals surface area contributed by atoms with Crippen molar-refractivity contribution in [3.8, 4) is 0 Å². The quantitative estimate of drug-likeness (QED) is 0.230. The molecule has 3 N–H and O–H groups in total. The second-order valence-electron chi connectivity index (χ2n) is 10.8. The molecule has 4 amide bonds. The lowest BCUT2D eigenvalue weighted by atomic mass is 10.0. The topological polar surface area (TPSA) is 224 Å². The van der Waals surface area contributed by atoms with Crippen molar-refractivity contribution in [2.24, 2.45) is 5.18 Å². The first-order chi connectivity index (χ1) is 21.5. The Morgan fingerprint density at radius 2 is 2.04 bits per heavy atom. The number of rotatable bonds is 8. The van der Waals surface area contributed by atoms with E-state index in [9.17, 15) is 28.9 Å². The molecule has 0 radical (unpaired) electrons. The van der Waals surface area contributed by atoms with E-state index in [2.05, 4.69) is 19.9 Å². The van der Waals surface area contributed by atoms with Gasteiger partial charge in [0.25, 0.3) is 11.8 Å². The Bertz CT molecular complexity index is 1700. The molecule has 19 heteroatoms. The first kappa shape index (κ1) is 30.5. The molecule has 4 aliphatic rings. The molecule has 238 valence electrons. The highest BCUT2D eigenvalue weighted by Gasteiger charge is 2.52. The minimum absolute atomic E-state index is 0.0899. The third-order valence-corrected chi connectivity index (χ3v) is 10.0. The molecule has 0 saturated carbocycles. The monoisotopic (exact) mass is 660 g/mol. The van der Waals surface area contributed by atoms with E-state index in [-0.39, 0.29) is 52.3 Å². The van der Waals surface area contributed by atoms with Crippen LogP contribution in [0, 0.1) is 11.8 Å². The van der Waals surface area contributed by atoms with E-state index in [1.54, 1.807) is 16.7 Å². The average Bonchev–Trinajstić information content (AvgIpc) is 3.80. The predicted molar refractivity (Wildman–Crippen MR) is 157 cm³/mol. The Morgan fingerprint density at radius 1 is 1.24 bits per heavy atom. The highest BCUT2D eigenvalue weighted by atomic mass is 32.2. The van der Waals surface area contributed by atoms with Crippen LogP contribution in [0.1, 0.15) is 43.2 Å². The summed E-state index contributed by atoms with van der Waals surface area (Å²) >= 11 is 2.27. The number of nitrogens with zero attached hydrogens (tertiary/aromatic N) is 6. The molecule has 6 heterocycles. The van der Waals surface area contributed by atoms with E-state index < -0.39 is 29.9 Å². The van der Waals surface area contributed by atoms with Gasteiger partial charge in [0.15, 0.2) is 29.1 Å². The second-order valence-corrected chi connectivity index (χ2v) is 12.7. The first-order valence-electron chi connectivity index (χ1n) is 13.9. The number of aryl methyl sites for hydroxylation is 1. The number of allylic oxidation sites excluding steroid dienone is 2. The van der Waals surface area contributed by atoms with Crippen molar-refractivity contribution in [2.75, 3.05) is 31.1 Å². The molecule has 3 fully saturated rings. The van der Waals surface area contributed by atoms with Crippen molar-refractivity contribution >= 4 is 52.2 Å². The van der Waals surface area contributed by atoms with Crippen molar-refractivity contribution in [3.63, 3.8) is 0 Å². The summed E-state index contributed by atoms with van der Waals surface area (Å²) in [5, 5.41) is 5.11.